The van der Waals surface area contributed by atoms with Crippen molar-refractivity contribution in [3.63, 3.8) is 0 Å². The number of carboxylic acid groups (broad SMARTS) is 1. The molecule has 3 rings (SSSR count). The molecule has 0 amide bonds. The van der Waals surface area contributed by atoms with Gasteiger partial charge in [-0.1, -0.05) is 0 Å². The van der Waals surface area contributed by atoms with Crippen LogP contribution in [0, 0.1) is 0 Å². The molecule has 1 aromatic carbocycles. The zero-order chi connectivity index (χ0) is 15.9. The Balaban J connectivity index is 2.02. The van der Waals surface area contributed by atoms with Gasteiger partial charge in [-0.2, -0.15) is 0 Å². The molecule has 2 aliphatic rings. The van der Waals surface area contributed by atoms with Gasteiger partial charge in [0.2, 0.25) is 0 Å². The van der Waals surface area contributed by atoms with Gasteiger partial charge in [0.25, 0.3) is 0 Å². The molecule has 0 bridgehead atoms. The average molecular weight is 304 g/mol. The Morgan fingerprint density at radius 2 is 2.00 bits per heavy atom. The molecule has 0 unspecified atom stereocenters. The molecule has 0 aromatic heterocycles. The Kier molecular flexibility index (Phi) is 3.70. The predicted molar refractivity (Wildman–Crippen MR) is 81.0 cm³/mol. The van der Waals surface area contributed by atoms with E-state index in [1.54, 1.807) is 14.2 Å². The maximum Gasteiger partial charge on any atom is 0.334 e. The van der Waals surface area contributed by atoms with Crippen molar-refractivity contribution in [1.82, 2.24) is 4.90 Å². The summed E-state index contributed by atoms with van der Waals surface area (Å²) < 4.78 is 10.7. The van der Waals surface area contributed by atoms with Crippen LogP contribution in [0.3, 0.4) is 0 Å². The number of methoxy groups -OCH3 is 2. The van der Waals surface area contributed by atoms with Gasteiger partial charge >= 0.3 is 5.97 Å². The van der Waals surface area contributed by atoms with Crippen molar-refractivity contribution in [1.29, 1.82) is 0 Å². The van der Waals surface area contributed by atoms with E-state index in [9.17, 15) is 9.90 Å². The van der Waals surface area contributed by atoms with E-state index in [0.29, 0.717) is 30.0 Å². The number of rotatable bonds is 3. The largest absolute Gasteiger partial charge is 0.493 e. The lowest BCUT2D eigenvalue weighted by Crippen LogP contribution is -2.42. The maximum atomic E-state index is 11.3. The van der Waals surface area contributed by atoms with Crippen molar-refractivity contribution in [3.05, 3.63) is 34.5 Å². The quantitative estimate of drug-likeness (QED) is 0.875. The number of carbonyl (C=O) groups is 1. The number of nitrogens with zero attached hydrogens (tertiary/aromatic N) is 1. The molecule has 0 spiro atoms. The minimum Gasteiger partial charge on any atom is -0.493 e. The number of ether oxygens (including phenoxy) is 2. The molecule has 2 aliphatic heterocycles. The van der Waals surface area contributed by atoms with Gasteiger partial charge in [-0.05, 0) is 29.7 Å². The molecule has 22 heavy (non-hydrogen) atoms. The number of hydrogen-bond donors (Lipinski definition) is 2. The van der Waals surface area contributed by atoms with Crippen LogP contribution in [0.15, 0.2) is 23.4 Å². The van der Waals surface area contributed by atoms with Gasteiger partial charge in [-0.15, -0.1) is 0 Å². The lowest BCUT2D eigenvalue weighted by Gasteiger charge is -2.41. The van der Waals surface area contributed by atoms with Gasteiger partial charge in [0.05, 0.1) is 19.8 Å². The second-order valence-electron chi connectivity index (χ2n) is 5.66. The van der Waals surface area contributed by atoms with Crippen LogP contribution < -0.4 is 15.2 Å². The van der Waals surface area contributed by atoms with Crippen LogP contribution in [-0.4, -0.2) is 43.3 Å². The first-order valence-corrected chi connectivity index (χ1v) is 7.24. The van der Waals surface area contributed by atoms with E-state index in [-0.39, 0.29) is 6.04 Å². The molecule has 6 heteroatoms. The van der Waals surface area contributed by atoms with E-state index >= 15 is 0 Å². The first kappa shape index (κ1) is 14.7. The Morgan fingerprint density at radius 1 is 1.32 bits per heavy atom. The average Bonchev–Trinajstić information content (AvgIpc) is 2.52. The molecular formula is C16H20N2O4. The molecule has 6 nitrogen and oxygen atoms in total. The highest BCUT2D eigenvalue weighted by Gasteiger charge is 2.35. The monoisotopic (exact) mass is 304 g/mol. The number of hydrogen-bond acceptors (Lipinski definition) is 5. The number of benzene rings is 1. The summed E-state index contributed by atoms with van der Waals surface area (Å²) in [4.78, 5) is 13.4. The second-order valence-corrected chi connectivity index (χ2v) is 5.66. The molecule has 0 saturated heterocycles. The minimum absolute atomic E-state index is 0.103. The molecule has 0 saturated carbocycles. The molecule has 1 atom stereocenters. The molecule has 3 N–H and O–H groups in total. The van der Waals surface area contributed by atoms with E-state index in [0.717, 1.165) is 24.3 Å². The summed E-state index contributed by atoms with van der Waals surface area (Å²) in [6.07, 6.45) is 1.39. The zero-order valence-corrected chi connectivity index (χ0v) is 12.8. The van der Waals surface area contributed by atoms with Gasteiger partial charge in [-0.3, -0.25) is 4.90 Å². The lowest BCUT2D eigenvalue weighted by molar-refractivity contribution is -0.133. The molecule has 0 aliphatic carbocycles. The summed E-state index contributed by atoms with van der Waals surface area (Å²) in [6.45, 7) is 1.21. The van der Waals surface area contributed by atoms with Crippen molar-refractivity contribution in [2.45, 2.75) is 18.9 Å². The SMILES string of the molecule is COc1cc2c(cc1OC)[C@@H]1CC(N)=C(C(=O)O)CN1CC2. The fraction of sp³-hybridized carbons (Fsp3) is 0.438. The highest BCUT2D eigenvalue weighted by Crippen LogP contribution is 2.42. The number of carboxylic acids is 1. The molecular weight excluding hydrogens is 284 g/mol. The first-order chi connectivity index (χ1) is 10.5. The van der Waals surface area contributed by atoms with Crippen molar-refractivity contribution in [2.24, 2.45) is 5.73 Å². The number of aliphatic carboxylic acids is 1. The zero-order valence-electron chi connectivity index (χ0n) is 12.8. The Morgan fingerprint density at radius 3 is 2.64 bits per heavy atom. The standard InChI is InChI=1S/C16H20N2O4/c1-21-14-5-9-3-4-18-8-11(16(19)20)12(17)7-13(18)10(9)6-15(14)22-2/h5-6,13H,3-4,7-8,17H2,1-2H3,(H,19,20)/t13-/m0/s1. The van der Waals surface area contributed by atoms with Crippen molar-refractivity contribution in [2.75, 3.05) is 27.3 Å². The Hall–Kier alpha value is -2.21. The topological polar surface area (TPSA) is 85.0 Å². The van der Waals surface area contributed by atoms with Crippen LogP contribution in [0.4, 0.5) is 0 Å². The van der Waals surface area contributed by atoms with E-state index < -0.39 is 5.97 Å². The first-order valence-electron chi connectivity index (χ1n) is 7.24. The summed E-state index contributed by atoms with van der Waals surface area (Å²) in [5.74, 6) is 0.490. The van der Waals surface area contributed by atoms with E-state index in [4.69, 9.17) is 15.2 Å². The lowest BCUT2D eigenvalue weighted by atomic mass is 9.86. The van der Waals surface area contributed by atoms with E-state index in [2.05, 4.69) is 4.90 Å². The van der Waals surface area contributed by atoms with Crippen LogP contribution in [-0.2, 0) is 11.2 Å². The Bertz CT molecular complexity index is 654. The fourth-order valence-corrected chi connectivity index (χ4v) is 3.35. The smallest absolute Gasteiger partial charge is 0.334 e. The highest BCUT2D eigenvalue weighted by atomic mass is 16.5. The molecule has 2 heterocycles. The van der Waals surface area contributed by atoms with Crippen molar-refractivity contribution in [3.8, 4) is 11.5 Å². The van der Waals surface area contributed by atoms with E-state index in [1.165, 1.54) is 5.56 Å². The van der Waals surface area contributed by atoms with Crippen LogP contribution in [0.2, 0.25) is 0 Å². The van der Waals surface area contributed by atoms with Gasteiger partial charge in [-0.25, -0.2) is 4.79 Å². The van der Waals surface area contributed by atoms with Crippen LogP contribution in [0.25, 0.3) is 0 Å². The molecule has 1 aromatic rings. The Labute approximate surface area is 129 Å². The van der Waals surface area contributed by atoms with Crippen LogP contribution in [0.5, 0.6) is 11.5 Å². The summed E-state index contributed by atoms with van der Waals surface area (Å²) in [5.41, 5.74) is 9.14. The van der Waals surface area contributed by atoms with Crippen LogP contribution in [0.1, 0.15) is 23.6 Å². The minimum atomic E-state index is -0.922. The summed E-state index contributed by atoms with van der Waals surface area (Å²) in [7, 11) is 3.24. The molecule has 118 valence electrons. The van der Waals surface area contributed by atoms with Crippen LogP contribution >= 0.6 is 0 Å². The summed E-state index contributed by atoms with van der Waals surface area (Å²) in [5, 5.41) is 9.24. The van der Waals surface area contributed by atoms with Gasteiger partial charge < -0.3 is 20.3 Å². The fourth-order valence-electron chi connectivity index (χ4n) is 3.35. The third-order valence-corrected chi connectivity index (χ3v) is 4.53. The van der Waals surface area contributed by atoms with Crippen molar-refractivity contribution >= 4 is 5.97 Å². The predicted octanol–water partition coefficient (Wildman–Crippen LogP) is 1.30. The number of fused-ring (bicyclic) bond motifs is 3. The van der Waals surface area contributed by atoms with Crippen molar-refractivity contribution < 1.29 is 19.4 Å². The third kappa shape index (κ3) is 2.29. The molecule has 0 fully saturated rings. The summed E-state index contributed by atoms with van der Waals surface area (Å²) in [6, 6.07) is 4.11. The van der Waals surface area contributed by atoms with Gasteiger partial charge in [0.1, 0.15) is 0 Å². The normalized spacial score (nSPS) is 21.1. The van der Waals surface area contributed by atoms with Gasteiger partial charge in [0, 0.05) is 31.2 Å². The van der Waals surface area contributed by atoms with E-state index in [1.807, 2.05) is 12.1 Å². The summed E-state index contributed by atoms with van der Waals surface area (Å²) >= 11 is 0. The third-order valence-electron chi connectivity index (χ3n) is 4.53. The maximum absolute atomic E-state index is 11.3. The number of nitrogens with two attached hydrogens (primary N) is 1. The second kappa shape index (κ2) is 5.53. The van der Waals surface area contributed by atoms with Gasteiger partial charge in [0.15, 0.2) is 11.5 Å². The molecule has 0 radical (unpaired) electrons. The highest BCUT2D eigenvalue weighted by molar-refractivity contribution is 5.88.